The van der Waals surface area contributed by atoms with Gasteiger partial charge in [-0.25, -0.2) is 13.1 Å². The second-order valence-corrected chi connectivity index (χ2v) is 8.05. The normalized spacial score (nSPS) is 11.1. The minimum atomic E-state index is -3.77. The number of likely N-dealkylation sites (N-methyl/N-ethyl adjacent to an activating group) is 2. The Hall–Kier alpha value is -2.71. The zero-order chi connectivity index (χ0) is 20.0. The Bertz CT molecular complexity index is 912. The number of nitrogens with zero attached hydrogens (tertiary/aromatic N) is 2. The summed E-state index contributed by atoms with van der Waals surface area (Å²) >= 11 is 0. The van der Waals surface area contributed by atoms with Gasteiger partial charge in [0.1, 0.15) is 0 Å². The Labute approximate surface area is 159 Å². The number of amides is 2. The van der Waals surface area contributed by atoms with Crippen molar-refractivity contribution in [3.05, 3.63) is 65.7 Å². The molecule has 0 saturated heterocycles. The molecule has 0 aliphatic rings. The average Bonchev–Trinajstić information content (AvgIpc) is 2.66. The van der Waals surface area contributed by atoms with E-state index in [4.69, 9.17) is 0 Å². The number of hydrogen-bond acceptors (Lipinski definition) is 4. The minimum Gasteiger partial charge on any atom is -0.347 e. The lowest BCUT2D eigenvalue weighted by Gasteiger charge is -2.19. The molecule has 2 rings (SSSR count). The highest BCUT2D eigenvalue weighted by Crippen LogP contribution is 2.14. The lowest BCUT2D eigenvalue weighted by Crippen LogP contribution is -2.37. The van der Waals surface area contributed by atoms with Gasteiger partial charge >= 0.3 is 0 Å². The first-order chi connectivity index (χ1) is 12.7. The minimum absolute atomic E-state index is 0.00313. The SMILES string of the molecule is CN(C)C(=O)CN(C)C(=O)c1cccc(S(=O)(=O)NCc2ccccc2)c1. The fourth-order valence-corrected chi connectivity index (χ4v) is 3.35. The average molecular weight is 389 g/mol. The molecule has 0 aliphatic carbocycles. The highest BCUT2D eigenvalue weighted by atomic mass is 32.2. The van der Waals surface area contributed by atoms with Crippen LogP contribution in [0.4, 0.5) is 0 Å². The molecule has 0 spiro atoms. The van der Waals surface area contributed by atoms with Crippen molar-refractivity contribution in [1.82, 2.24) is 14.5 Å². The summed E-state index contributed by atoms with van der Waals surface area (Å²) in [5.41, 5.74) is 1.03. The summed E-state index contributed by atoms with van der Waals surface area (Å²) in [6, 6.07) is 14.9. The maximum atomic E-state index is 12.5. The quantitative estimate of drug-likeness (QED) is 0.774. The van der Waals surface area contributed by atoms with E-state index in [2.05, 4.69) is 4.72 Å². The van der Waals surface area contributed by atoms with Gasteiger partial charge in [0.2, 0.25) is 15.9 Å². The smallest absolute Gasteiger partial charge is 0.254 e. The van der Waals surface area contributed by atoms with Crippen molar-refractivity contribution >= 4 is 21.8 Å². The number of sulfonamides is 1. The zero-order valence-corrected chi connectivity index (χ0v) is 16.4. The highest BCUT2D eigenvalue weighted by molar-refractivity contribution is 7.89. The van der Waals surface area contributed by atoms with Crippen LogP contribution < -0.4 is 4.72 Å². The summed E-state index contributed by atoms with van der Waals surface area (Å²) in [6.07, 6.45) is 0. The molecule has 0 saturated carbocycles. The molecule has 2 amide bonds. The van der Waals surface area contributed by atoms with Gasteiger partial charge in [-0.05, 0) is 23.8 Å². The number of hydrogen-bond donors (Lipinski definition) is 1. The molecular formula is C19H23N3O4S. The standard InChI is InChI=1S/C19H23N3O4S/c1-21(2)18(23)14-22(3)19(24)16-10-7-11-17(12-16)27(25,26)20-13-15-8-5-4-6-9-15/h4-12,20H,13-14H2,1-3H3. The van der Waals surface area contributed by atoms with Gasteiger partial charge < -0.3 is 9.80 Å². The van der Waals surface area contributed by atoms with Gasteiger partial charge in [0, 0.05) is 33.3 Å². The van der Waals surface area contributed by atoms with Gasteiger partial charge in [-0.15, -0.1) is 0 Å². The van der Waals surface area contributed by atoms with E-state index in [1.54, 1.807) is 14.1 Å². The third-order valence-electron chi connectivity index (χ3n) is 3.92. The van der Waals surface area contributed by atoms with Gasteiger partial charge in [0.25, 0.3) is 5.91 Å². The third-order valence-corrected chi connectivity index (χ3v) is 5.32. The molecule has 0 atom stereocenters. The molecule has 0 fully saturated rings. The maximum absolute atomic E-state index is 12.5. The summed E-state index contributed by atoms with van der Waals surface area (Å²) in [4.78, 5) is 26.9. The first-order valence-corrected chi connectivity index (χ1v) is 9.78. The lowest BCUT2D eigenvalue weighted by atomic mass is 10.2. The van der Waals surface area contributed by atoms with Crippen LogP contribution in [0.2, 0.25) is 0 Å². The largest absolute Gasteiger partial charge is 0.347 e. The lowest BCUT2D eigenvalue weighted by molar-refractivity contribution is -0.129. The fourth-order valence-electron chi connectivity index (χ4n) is 2.29. The van der Waals surface area contributed by atoms with E-state index in [-0.39, 0.29) is 29.5 Å². The predicted molar refractivity (Wildman–Crippen MR) is 103 cm³/mol. The van der Waals surface area contributed by atoms with Crippen LogP contribution in [0.1, 0.15) is 15.9 Å². The number of benzene rings is 2. The second kappa shape index (κ2) is 8.79. The monoisotopic (exact) mass is 389 g/mol. The van der Waals surface area contributed by atoms with E-state index in [1.165, 1.54) is 41.1 Å². The molecule has 144 valence electrons. The van der Waals surface area contributed by atoms with Crippen LogP contribution in [-0.4, -0.2) is 57.7 Å². The van der Waals surface area contributed by atoms with Crippen LogP contribution in [0.15, 0.2) is 59.5 Å². The van der Waals surface area contributed by atoms with Crippen LogP contribution >= 0.6 is 0 Å². The van der Waals surface area contributed by atoms with Crippen LogP contribution in [0.25, 0.3) is 0 Å². The molecule has 0 aliphatic heterocycles. The van der Waals surface area contributed by atoms with Gasteiger partial charge in [0.05, 0.1) is 11.4 Å². The molecule has 0 aromatic heterocycles. The van der Waals surface area contributed by atoms with E-state index in [9.17, 15) is 18.0 Å². The summed E-state index contributed by atoms with van der Waals surface area (Å²) in [6.45, 7) is 0.0631. The van der Waals surface area contributed by atoms with Crippen molar-refractivity contribution in [3.8, 4) is 0 Å². The topological polar surface area (TPSA) is 86.8 Å². The predicted octanol–water partition coefficient (Wildman–Crippen LogP) is 1.33. The Morgan fingerprint density at radius 3 is 2.26 bits per heavy atom. The number of rotatable bonds is 7. The second-order valence-electron chi connectivity index (χ2n) is 6.29. The van der Waals surface area contributed by atoms with Gasteiger partial charge in [-0.2, -0.15) is 0 Å². The van der Waals surface area contributed by atoms with Crippen molar-refractivity contribution in [1.29, 1.82) is 0 Å². The first kappa shape index (κ1) is 20.6. The molecule has 0 heterocycles. The van der Waals surface area contributed by atoms with Crippen LogP contribution in [0.5, 0.6) is 0 Å². The Morgan fingerprint density at radius 2 is 1.63 bits per heavy atom. The van der Waals surface area contributed by atoms with Crippen LogP contribution in [0, 0.1) is 0 Å². The number of carbonyl (C=O) groups is 2. The summed E-state index contributed by atoms with van der Waals surface area (Å²) < 4.78 is 27.6. The molecule has 0 bridgehead atoms. The van der Waals surface area contributed by atoms with E-state index in [1.807, 2.05) is 30.3 Å². The number of carbonyl (C=O) groups excluding carboxylic acids is 2. The van der Waals surface area contributed by atoms with Crippen molar-refractivity contribution in [2.75, 3.05) is 27.7 Å². The van der Waals surface area contributed by atoms with Gasteiger partial charge in [0.15, 0.2) is 0 Å². The molecule has 7 nitrogen and oxygen atoms in total. The molecule has 8 heteroatoms. The van der Waals surface area contributed by atoms with Crippen molar-refractivity contribution in [3.63, 3.8) is 0 Å². The third kappa shape index (κ3) is 5.63. The molecule has 0 unspecified atom stereocenters. The molecular weight excluding hydrogens is 366 g/mol. The van der Waals surface area contributed by atoms with Crippen LogP contribution in [0.3, 0.4) is 0 Å². The highest BCUT2D eigenvalue weighted by Gasteiger charge is 2.19. The van der Waals surface area contributed by atoms with Crippen molar-refractivity contribution < 1.29 is 18.0 Å². The Morgan fingerprint density at radius 1 is 0.963 bits per heavy atom. The van der Waals surface area contributed by atoms with E-state index in [0.717, 1.165) is 5.56 Å². The van der Waals surface area contributed by atoms with E-state index < -0.39 is 15.9 Å². The van der Waals surface area contributed by atoms with Crippen molar-refractivity contribution in [2.45, 2.75) is 11.4 Å². The first-order valence-electron chi connectivity index (χ1n) is 8.30. The van der Waals surface area contributed by atoms with E-state index >= 15 is 0 Å². The van der Waals surface area contributed by atoms with Crippen molar-refractivity contribution in [2.24, 2.45) is 0 Å². The summed E-state index contributed by atoms with van der Waals surface area (Å²) in [5, 5.41) is 0. The van der Waals surface area contributed by atoms with Crippen LogP contribution in [-0.2, 0) is 21.4 Å². The summed E-state index contributed by atoms with van der Waals surface area (Å²) in [7, 11) is 0.933. The molecule has 27 heavy (non-hydrogen) atoms. The van der Waals surface area contributed by atoms with Gasteiger partial charge in [-0.1, -0.05) is 36.4 Å². The van der Waals surface area contributed by atoms with Gasteiger partial charge in [-0.3, -0.25) is 9.59 Å². The summed E-state index contributed by atoms with van der Waals surface area (Å²) in [5.74, 6) is -0.649. The Kier molecular flexibility index (Phi) is 6.70. The molecule has 1 N–H and O–H groups in total. The molecule has 2 aromatic rings. The zero-order valence-electron chi connectivity index (χ0n) is 15.5. The fraction of sp³-hybridized carbons (Fsp3) is 0.263. The maximum Gasteiger partial charge on any atom is 0.254 e. The van der Waals surface area contributed by atoms with E-state index in [0.29, 0.717) is 0 Å². The molecule has 0 radical (unpaired) electrons. The number of nitrogens with one attached hydrogen (secondary N) is 1. The Balaban J connectivity index is 2.13. The molecule has 2 aromatic carbocycles.